The van der Waals surface area contributed by atoms with E-state index in [9.17, 15) is 19.1 Å². The number of rotatable bonds is 3. The number of Topliss-reactive ketones (excluding diaryl/α,β-unsaturated/α-hetero) is 1. The Balaban J connectivity index is 1.73. The highest BCUT2D eigenvalue weighted by Crippen LogP contribution is 2.42. The summed E-state index contributed by atoms with van der Waals surface area (Å²) in [6.07, 6.45) is 1.53. The standard InChI is InChI=1S/C26H16ClFN2O3/c27-19-14-18(10-11-20(19)28)30-23(21-7-3-4-12-29-21)22(25(32)26(30)33)24(31)17-9-8-15-5-1-2-6-16(15)13-17/h1-14,23,31H/b24-22-. The van der Waals surface area contributed by atoms with E-state index in [1.807, 2.05) is 30.3 Å². The number of carbonyl (C=O) groups is 2. The predicted octanol–water partition coefficient (Wildman–Crippen LogP) is 5.65. The van der Waals surface area contributed by atoms with Crippen molar-refractivity contribution in [3.63, 3.8) is 0 Å². The summed E-state index contributed by atoms with van der Waals surface area (Å²) in [5, 5.41) is 12.9. The number of hydrogen-bond donors (Lipinski definition) is 1. The molecule has 1 aromatic heterocycles. The first-order chi connectivity index (χ1) is 16.0. The molecule has 7 heteroatoms. The summed E-state index contributed by atoms with van der Waals surface area (Å²) in [6, 6.07) is 20.7. The Morgan fingerprint density at radius 3 is 2.42 bits per heavy atom. The minimum atomic E-state index is -1.01. The average Bonchev–Trinajstić information content (AvgIpc) is 3.11. The van der Waals surface area contributed by atoms with Crippen molar-refractivity contribution in [2.45, 2.75) is 6.04 Å². The summed E-state index contributed by atoms with van der Waals surface area (Å²) in [4.78, 5) is 31.8. The molecule has 1 fully saturated rings. The summed E-state index contributed by atoms with van der Waals surface area (Å²) in [7, 11) is 0. The molecule has 4 aromatic rings. The first-order valence-electron chi connectivity index (χ1n) is 10.1. The number of anilines is 1. The highest BCUT2D eigenvalue weighted by atomic mass is 35.5. The van der Waals surface area contributed by atoms with Crippen LogP contribution in [0.4, 0.5) is 10.1 Å². The molecule has 5 rings (SSSR count). The van der Waals surface area contributed by atoms with Gasteiger partial charge in [-0.3, -0.25) is 19.5 Å². The molecule has 0 radical (unpaired) electrons. The minimum absolute atomic E-state index is 0.102. The van der Waals surface area contributed by atoms with Gasteiger partial charge in [-0.05, 0) is 47.2 Å². The highest BCUT2D eigenvalue weighted by molar-refractivity contribution is 6.51. The zero-order valence-electron chi connectivity index (χ0n) is 17.1. The lowest BCUT2D eigenvalue weighted by Crippen LogP contribution is -2.29. The van der Waals surface area contributed by atoms with Gasteiger partial charge in [0.25, 0.3) is 11.7 Å². The van der Waals surface area contributed by atoms with Gasteiger partial charge in [-0.1, -0.05) is 54.1 Å². The number of aliphatic hydroxyl groups is 1. The Morgan fingerprint density at radius 2 is 1.70 bits per heavy atom. The van der Waals surface area contributed by atoms with E-state index in [-0.39, 0.29) is 22.0 Å². The van der Waals surface area contributed by atoms with Crippen LogP contribution in [0.5, 0.6) is 0 Å². The fourth-order valence-electron chi connectivity index (χ4n) is 4.04. The Bertz CT molecular complexity index is 1450. The van der Waals surface area contributed by atoms with E-state index >= 15 is 0 Å². The number of amides is 1. The normalized spacial score (nSPS) is 17.6. The largest absolute Gasteiger partial charge is 0.507 e. The first kappa shape index (κ1) is 20.8. The summed E-state index contributed by atoms with van der Waals surface area (Å²) in [5.41, 5.74) is 0.885. The number of hydrogen-bond acceptors (Lipinski definition) is 4. The van der Waals surface area contributed by atoms with Gasteiger partial charge in [-0.15, -0.1) is 0 Å². The lowest BCUT2D eigenvalue weighted by atomic mass is 9.97. The van der Waals surface area contributed by atoms with Gasteiger partial charge >= 0.3 is 0 Å². The van der Waals surface area contributed by atoms with Gasteiger partial charge < -0.3 is 5.11 Å². The van der Waals surface area contributed by atoms with Gasteiger partial charge in [0.15, 0.2) is 0 Å². The van der Waals surface area contributed by atoms with Crippen molar-refractivity contribution in [2.24, 2.45) is 0 Å². The van der Waals surface area contributed by atoms with E-state index in [0.717, 1.165) is 16.8 Å². The van der Waals surface area contributed by atoms with Crippen LogP contribution in [0, 0.1) is 5.82 Å². The molecule has 0 aliphatic carbocycles. The molecule has 1 saturated heterocycles. The molecule has 0 spiro atoms. The summed E-state index contributed by atoms with van der Waals surface area (Å²) < 4.78 is 13.8. The van der Waals surface area contributed by atoms with Gasteiger partial charge in [0, 0.05) is 17.4 Å². The van der Waals surface area contributed by atoms with Gasteiger partial charge in [0.2, 0.25) is 0 Å². The maximum Gasteiger partial charge on any atom is 0.300 e. The van der Waals surface area contributed by atoms with Gasteiger partial charge in [0.1, 0.15) is 17.6 Å². The Hall–Kier alpha value is -4.03. The molecule has 1 amide bonds. The number of aliphatic hydroxyl groups excluding tert-OH is 1. The fourth-order valence-corrected chi connectivity index (χ4v) is 4.22. The number of nitrogens with zero attached hydrogens (tertiary/aromatic N) is 2. The molecular formula is C26H16ClFN2O3. The number of fused-ring (bicyclic) bond motifs is 1. The smallest absolute Gasteiger partial charge is 0.300 e. The number of benzene rings is 3. The first-order valence-corrected chi connectivity index (χ1v) is 10.5. The molecule has 0 bridgehead atoms. The summed E-state index contributed by atoms with van der Waals surface area (Å²) >= 11 is 5.95. The minimum Gasteiger partial charge on any atom is -0.507 e. The molecule has 0 saturated carbocycles. The van der Waals surface area contributed by atoms with Crippen LogP contribution in [0.2, 0.25) is 5.02 Å². The molecular weight excluding hydrogens is 443 g/mol. The van der Waals surface area contributed by atoms with Crippen LogP contribution in [0.15, 0.2) is 90.6 Å². The average molecular weight is 459 g/mol. The molecule has 5 nitrogen and oxygen atoms in total. The molecule has 33 heavy (non-hydrogen) atoms. The van der Waals surface area contributed by atoms with Crippen molar-refractivity contribution in [2.75, 3.05) is 4.90 Å². The van der Waals surface area contributed by atoms with Crippen molar-refractivity contribution in [1.29, 1.82) is 0 Å². The van der Waals surface area contributed by atoms with E-state index in [1.54, 1.807) is 30.3 Å². The lowest BCUT2D eigenvalue weighted by Gasteiger charge is -2.24. The molecule has 1 unspecified atom stereocenters. The van der Waals surface area contributed by atoms with Crippen molar-refractivity contribution >= 4 is 45.5 Å². The third-order valence-corrected chi connectivity index (χ3v) is 5.91. The lowest BCUT2D eigenvalue weighted by molar-refractivity contribution is -0.132. The molecule has 3 aromatic carbocycles. The van der Waals surface area contributed by atoms with Gasteiger partial charge in [-0.2, -0.15) is 0 Å². The van der Waals surface area contributed by atoms with E-state index in [2.05, 4.69) is 4.98 Å². The zero-order chi connectivity index (χ0) is 23.1. The molecule has 1 N–H and O–H groups in total. The third-order valence-electron chi connectivity index (χ3n) is 5.62. The third kappa shape index (κ3) is 3.54. The highest BCUT2D eigenvalue weighted by Gasteiger charge is 2.47. The van der Waals surface area contributed by atoms with Crippen LogP contribution < -0.4 is 4.90 Å². The monoisotopic (exact) mass is 458 g/mol. The second-order valence-corrected chi connectivity index (χ2v) is 7.99. The van der Waals surface area contributed by atoms with E-state index in [0.29, 0.717) is 11.3 Å². The Kier molecular flexibility index (Phi) is 5.15. The fraction of sp³-hybridized carbons (Fsp3) is 0.0385. The van der Waals surface area contributed by atoms with Crippen molar-refractivity contribution in [1.82, 2.24) is 4.98 Å². The topological polar surface area (TPSA) is 70.5 Å². The second kappa shape index (κ2) is 8.15. The number of aromatic nitrogens is 1. The molecule has 1 aliphatic heterocycles. The predicted molar refractivity (Wildman–Crippen MR) is 124 cm³/mol. The Labute approximate surface area is 193 Å². The van der Waals surface area contributed by atoms with Crippen LogP contribution in [0.1, 0.15) is 17.3 Å². The molecule has 162 valence electrons. The number of halogens is 2. The van der Waals surface area contributed by atoms with Crippen molar-refractivity contribution in [3.05, 3.63) is 113 Å². The van der Waals surface area contributed by atoms with Crippen LogP contribution in [-0.2, 0) is 9.59 Å². The van der Waals surface area contributed by atoms with Crippen LogP contribution in [0.25, 0.3) is 16.5 Å². The van der Waals surface area contributed by atoms with E-state index < -0.39 is 23.5 Å². The van der Waals surface area contributed by atoms with E-state index in [1.165, 1.54) is 23.2 Å². The van der Waals surface area contributed by atoms with E-state index in [4.69, 9.17) is 11.6 Å². The van der Waals surface area contributed by atoms with Gasteiger partial charge in [0.05, 0.1) is 16.3 Å². The van der Waals surface area contributed by atoms with Crippen molar-refractivity contribution < 1.29 is 19.1 Å². The second-order valence-electron chi connectivity index (χ2n) is 7.58. The van der Waals surface area contributed by atoms with Crippen LogP contribution >= 0.6 is 11.6 Å². The molecule has 1 atom stereocenters. The molecule has 2 heterocycles. The number of pyridine rings is 1. The van der Waals surface area contributed by atoms with Gasteiger partial charge in [-0.25, -0.2) is 4.39 Å². The van der Waals surface area contributed by atoms with Crippen LogP contribution in [-0.4, -0.2) is 21.8 Å². The van der Waals surface area contributed by atoms with Crippen molar-refractivity contribution in [3.8, 4) is 0 Å². The maximum atomic E-state index is 13.8. The quantitative estimate of drug-likeness (QED) is 0.244. The summed E-state index contributed by atoms with van der Waals surface area (Å²) in [6.45, 7) is 0. The SMILES string of the molecule is O=C1C(=O)N(c2ccc(F)c(Cl)c2)C(c2ccccn2)/C1=C(/O)c1ccc2ccccc2c1. The molecule has 1 aliphatic rings. The summed E-state index contributed by atoms with van der Waals surface area (Å²) in [5.74, 6) is -2.69. The Morgan fingerprint density at radius 1 is 0.939 bits per heavy atom. The number of carbonyl (C=O) groups excluding carboxylic acids is 2. The maximum absolute atomic E-state index is 13.8. The van der Waals surface area contributed by atoms with Crippen LogP contribution in [0.3, 0.4) is 0 Å². The zero-order valence-corrected chi connectivity index (χ0v) is 17.8. The number of ketones is 1.